The van der Waals surface area contributed by atoms with Crippen molar-refractivity contribution in [3.63, 3.8) is 0 Å². The van der Waals surface area contributed by atoms with Crippen molar-refractivity contribution in [2.24, 2.45) is 11.7 Å². The molecule has 0 aliphatic heterocycles. The molecule has 1 saturated carbocycles. The predicted octanol–water partition coefficient (Wildman–Crippen LogP) is 1.57. The van der Waals surface area contributed by atoms with Crippen LogP contribution in [0.1, 0.15) is 47.0 Å². The molecule has 0 radical (unpaired) electrons. The van der Waals surface area contributed by atoms with Crippen LogP contribution in [0.25, 0.3) is 0 Å². The van der Waals surface area contributed by atoms with Crippen LogP contribution in [0.5, 0.6) is 0 Å². The lowest BCUT2D eigenvalue weighted by molar-refractivity contribution is -0.149. The van der Waals surface area contributed by atoms with E-state index in [2.05, 4.69) is 5.32 Å². The van der Waals surface area contributed by atoms with Crippen LogP contribution in [-0.2, 0) is 14.3 Å². The quantitative estimate of drug-likeness (QED) is 0.768. The van der Waals surface area contributed by atoms with E-state index in [0.717, 1.165) is 0 Å². The Kier molecular flexibility index (Phi) is 5.80. The van der Waals surface area contributed by atoms with Crippen LogP contribution in [0.4, 0.5) is 4.79 Å². The van der Waals surface area contributed by atoms with Crippen LogP contribution < -0.4 is 11.1 Å². The predicted molar refractivity (Wildman–Crippen MR) is 75.1 cm³/mol. The summed E-state index contributed by atoms with van der Waals surface area (Å²) in [6.45, 7) is 7.59. The molecule has 0 saturated heterocycles. The third-order valence-corrected chi connectivity index (χ3v) is 3.22. The topological polar surface area (TPSA) is 90.6 Å². The van der Waals surface area contributed by atoms with Crippen molar-refractivity contribution in [2.45, 2.75) is 64.6 Å². The van der Waals surface area contributed by atoms with E-state index in [1.165, 1.54) is 0 Å². The number of rotatable bonds is 3. The van der Waals surface area contributed by atoms with Gasteiger partial charge in [0.15, 0.2) is 0 Å². The van der Waals surface area contributed by atoms with Gasteiger partial charge in [0, 0.05) is 12.1 Å². The highest BCUT2D eigenvalue weighted by Crippen LogP contribution is 2.25. The molecule has 1 amide bonds. The van der Waals surface area contributed by atoms with Crippen molar-refractivity contribution < 1.29 is 19.1 Å². The maximum absolute atomic E-state index is 11.7. The van der Waals surface area contributed by atoms with Crippen molar-refractivity contribution in [3.8, 4) is 0 Å². The van der Waals surface area contributed by atoms with E-state index in [0.29, 0.717) is 25.9 Å². The molecular weight excluding hydrogens is 260 g/mol. The normalized spacial score (nSPS) is 26.8. The lowest BCUT2D eigenvalue weighted by Crippen LogP contribution is -2.52. The van der Waals surface area contributed by atoms with Crippen LogP contribution in [0.3, 0.4) is 0 Å². The number of esters is 1. The molecule has 0 heterocycles. The molecular formula is C14H26N2O4. The van der Waals surface area contributed by atoms with Crippen molar-refractivity contribution >= 4 is 12.1 Å². The minimum Gasteiger partial charge on any atom is -0.466 e. The van der Waals surface area contributed by atoms with Gasteiger partial charge in [0.05, 0.1) is 12.5 Å². The Labute approximate surface area is 120 Å². The van der Waals surface area contributed by atoms with Crippen molar-refractivity contribution in [2.75, 3.05) is 6.61 Å². The van der Waals surface area contributed by atoms with Gasteiger partial charge in [-0.05, 0) is 47.0 Å². The van der Waals surface area contributed by atoms with Gasteiger partial charge in [0.2, 0.25) is 0 Å². The Bertz CT molecular complexity index is 352. The van der Waals surface area contributed by atoms with Crippen LogP contribution in [0.15, 0.2) is 0 Å². The van der Waals surface area contributed by atoms with Gasteiger partial charge in [-0.25, -0.2) is 4.79 Å². The first-order valence-electron chi connectivity index (χ1n) is 7.14. The smallest absolute Gasteiger partial charge is 0.407 e. The number of ether oxygens (including phenoxy) is 2. The minimum atomic E-state index is -0.531. The molecule has 1 fully saturated rings. The van der Waals surface area contributed by atoms with E-state index < -0.39 is 11.7 Å². The molecule has 0 unspecified atom stereocenters. The number of amides is 1. The summed E-state index contributed by atoms with van der Waals surface area (Å²) in [5.41, 5.74) is 5.51. The molecule has 0 aromatic heterocycles. The fourth-order valence-electron chi connectivity index (χ4n) is 2.32. The first kappa shape index (κ1) is 16.8. The Morgan fingerprint density at radius 1 is 1.30 bits per heavy atom. The second kappa shape index (κ2) is 6.92. The van der Waals surface area contributed by atoms with Crippen LogP contribution >= 0.6 is 0 Å². The van der Waals surface area contributed by atoms with Crippen LogP contribution in [-0.4, -0.2) is 36.4 Å². The van der Waals surface area contributed by atoms with Gasteiger partial charge in [-0.15, -0.1) is 0 Å². The molecule has 1 aliphatic carbocycles. The standard InChI is InChI=1S/C14H26N2O4/c1-5-19-12(17)9-6-7-11(10(15)8-9)16-13(18)20-14(2,3)4/h9-11H,5-8,15H2,1-4H3,(H,16,18)/t9-,10-,11+/m0/s1. The molecule has 6 nitrogen and oxygen atoms in total. The van der Waals surface area contributed by atoms with E-state index >= 15 is 0 Å². The van der Waals surface area contributed by atoms with E-state index in [1.54, 1.807) is 6.92 Å². The second-order valence-corrected chi connectivity index (χ2v) is 6.18. The van der Waals surface area contributed by atoms with E-state index in [4.69, 9.17) is 15.2 Å². The molecule has 0 spiro atoms. The average Bonchev–Trinajstić information content (AvgIpc) is 2.29. The average molecular weight is 286 g/mol. The molecule has 0 aromatic carbocycles. The van der Waals surface area contributed by atoms with Crippen molar-refractivity contribution in [1.29, 1.82) is 0 Å². The largest absolute Gasteiger partial charge is 0.466 e. The van der Waals surface area contributed by atoms with Gasteiger partial charge in [-0.2, -0.15) is 0 Å². The first-order chi connectivity index (χ1) is 9.23. The summed E-state index contributed by atoms with van der Waals surface area (Å²) in [5.74, 6) is -0.361. The zero-order valence-electron chi connectivity index (χ0n) is 12.8. The molecule has 20 heavy (non-hydrogen) atoms. The number of hydrogen-bond acceptors (Lipinski definition) is 5. The summed E-state index contributed by atoms with van der Waals surface area (Å²) >= 11 is 0. The highest BCUT2D eigenvalue weighted by molar-refractivity contribution is 5.73. The highest BCUT2D eigenvalue weighted by Gasteiger charge is 2.34. The maximum atomic E-state index is 11.7. The summed E-state index contributed by atoms with van der Waals surface area (Å²) < 4.78 is 10.2. The van der Waals surface area contributed by atoms with Crippen LogP contribution in [0, 0.1) is 5.92 Å². The molecule has 6 heteroatoms. The lowest BCUT2D eigenvalue weighted by atomic mass is 9.83. The summed E-state index contributed by atoms with van der Waals surface area (Å²) in [6.07, 6.45) is 1.39. The van der Waals surface area contributed by atoms with Gasteiger partial charge < -0.3 is 20.5 Å². The van der Waals surface area contributed by atoms with E-state index in [9.17, 15) is 9.59 Å². The Morgan fingerprint density at radius 2 is 1.95 bits per heavy atom. The van der Waals surface area contributed by atoms with Gasteiger partial charge >= 0.3 is 12.1 Å². The number of nitrogens with two attached hydrogens (primary N) is 1. The number of carbonyl (C=O) groups is 2. The Hall–Kier alpha value is -1.30. The number of alkyl carbamates (subject to hydrolysis) is 1. The third kappa shape index (κ3) is 5.36. The molecule has 1 rings (SSSR count). The number of hydrogen-bond donors (Lipinski definition) is 2. The third-order valence-electron chi connectivity index (χ3n) is 3.22. The molecule has 0 aromatic rings. The summed E-state index contributed by atoms with van der Waals surface area (Å²) in [6, 6.07) is -0.416. The molecule has 1 aliphatic rings. The zero-order chi connectivity index (χ0) is 15.3. The van der Waals surface area contributed by atoms with Crippen molar-refractivity contribution in [1.82, 2.24) is 5.32 Å². The number of nitrogens with one attached hydrogen (secondary N) is 1. The monoisotopic (exact) mass is 286 g/mol. The van der Waals surface area contributed by atoms with Gasteiger partial charge in [0.25, 0.3) is 0 Å². The summed E-state index contributed by atoms with van der Waals surface area (Å²) in [5, 5.41) is 2.78. The summed E-state index contributed by atoms with van der Waals surface area (Å²) in [7, 11) is 0. The van der Waals surface area contributed by atoms with Gasteiger partial charge in [0.1, 0.15) is 5.60 Å². The van der Waals surface area contributed by atoms with Gasteiger partial charge in [-0.1, -0.05) is 0 Å². The maximum Gasteiger partial charge on any atom is 0.407 e. The summed E-state index contributed by atoms with van der Waals surface area (Å²) in [4.78, 5) is 23.4. The van der Waals surface area contributed by atoms with Gasteiger partial charge in [-0.3, -0.25) is 4.79 Å². The SMILES string of the molecule is CCOC(=O)[C@H]1CC[C@@H](NC(=O)OC(C)(C)C)[C@@H](N)C1. The molecule has 0 bridgehead atoms. The molecule has 116 valence electrons. The Morgan fingerprint density at radius 3 is 2.45 bits per heavy atom. The second-order valence-electron chi connectivity index (χ2n) is 6.18. The lowest BCUT2D eigenvalue weighted by Gasteiger charge is -2.33. The first-order valence-corrected chi connectivity index (χ1v) is 7.14. The van der Waals surface area contributed by atoms with Crippen LogP contribution in [0.2, 0.25) is 0 Å². The van der Waals surface area contributed by atoms with Crippen molar-refractivity contribution in [3.05, 3.63) is 0 Å². The fraction of sp³-hybridized carbons (Fsp3) is 0.857. The number of carbonyl (C=O) groups excluding carboxylic acids is 2. The highest BCUT2D eigenvalue weighted by atomic mass is 16.6. The van der Waals surface area contributed by atoms with E-state index in [-0.39, 0.29) is 24.0 Å². The Balaban J connectivity index is 2.45. The van der Waals surface area contributed by atoms with E-state index in [1.807, 2.05) is 20.8 Å². The molecule has 3 N–H and O–H groups in total. The molecule has 3 atom stereocenters. The zero-order valence-corrected chi connectivity index (χ0v) is 12.8. The minimum absolute atomic E-state index is 0.157. The fourth-order valence-corrected chi connectivity index (χ4v) is 2.32.